The van der Waals surface area contributed by atoms with Crippen LogP contribution in [-0.4, -0.2) is 51.6 Å². The Balaban J connectivity index is 1.74. The molecule has 10 heteroatoms. The summed E-state index contributed by atoms with van der Waals surface area (Å²) < 4.78 is 53.2. The fourth-order valence-corrected chi connectivity index (χ4v) is 5.57. The average molecular weight is 396 g/mol. The predicted octanol–water partition coefficient (Wildman–Crippen LogP) is 0.546. The third kappa shape index (κ3) is 3.54. The number of rotatable bonds is 4. The Kier molecular flexibility index (Phi) is 4.93. The molecular weight excluding hydrogens is 376 g/mol. The van der Waals surface area contributed by atoms with Gasteiger partial charge in [0, 0.05) is 37.6 Å². The second kappa shape index (κ2) is 6.88. The molecule has 0 atom stereocenters. The highest BCUT2D eigenvalue weighted by atomic mass is 32.2. The van der Waals surface area contributed by atoms with Gasteiger partial charge in [0.15, 0.2) is 0 Å². The summed E-state index contributed by atoms with van der Waals surface area (Å²) >= 11 is 0. The molecule has 0 aliphatic carbocycles. The number of hydrogen-bond acceptors (Lipinski definition) is 6. The first-order valence-corrected chi connectivity index (χ1v) is 10.8. The van der Waals surface area contributed by atoms with E-state index in [1.807, 2.05) is 0 Å². The monoisotopic (exact) mass is 396 g/mol. The Bertz CT molecular complexity index is 896. The van der Waals surface area contributed by atoms with Crippen molar-refractivity contribution in [3.8, 4) is 0 Å². The SMILES string of the molecule is Nc1ccc(S(=O)(=O)N2CCN(S(=O)(=O)c3ccc(N)cc3)CC2)cc1. The van der Waals surface area contributed by atoms with E-state index in [0.29, 0.717) is 11.4 Å². The molecule has 2 aromatic carbocycles. The molecule has 1 saturated heterocycles. The van der Waals surface area contributed by atoms with Crippen molar-refractivity contribution in [1.29, 1.82) is 0 Å². The number of nitrogens with two attached hydrogens (primary N) is 2. The van der Waals surface area contributed by atoms with Crippen LogP contribution in [0.25, 0.3) is 0 Å². The van der Waals surface area contributed by atoms with Crippen molar-refractivity contribution in [3.63, 3.8) is 0 Å². The van der Waals surface area contributed by atoms with E-state index < -0.39 is 20.0 Å². The lowest BCUT2D eigenvalue weighted by molar-refractivity contribution is 0.273. The summed E-state index contributed by atoms with van der Waals surface area (Å²) in [6.45, 7) is 0.337. The van der Waals surface area contributed by atoms with Gasteiger partial charge in [0.2, 0.25) is 20.0 Å². The Hall–Kier alpha value is -2.14. The second-order valence-electron chi connectivity index (χ2n) is 5.95. The van der Waals surface area contributed by atoms with E-state index in [2.05, 4.69) is 0 Å². The van der Waals surface area contributed by atoms with Crippen molar-refractivity contribution in [1.82, 2.24) is 8.61 Å². The van der Waals surface area contributed by atoms with Crippen LogP contribution in [-0.2, 0) is 20.0 Å². The lowest BCUT2D eigenvalue weighted by atomic mass is 10.3. The van der Waals surface area contributed by atoms with Crippen molar-refractivity contribution >= 4 is 31.4 Å². The Morgan fingerprint density at radius 2 is 0.846 bits per heavy atom. The predicted molar refractivity (Wildman–Crippen MR) is 99.2 cm³/mol. The van der Waals surface area contributed by atoms with Crippen LogP contribution in [0.4, 0.5) is 11.4 Å². The van der Waals surface area contributed by atoms with Gasteiger partial charge in [0.25, 0.3) is 0 Å². The fraction of sp³-hybridized carbons (Fsp3) is 0.250. The molecule has 0 saturated carbocycles. The summed E-state index contributed by atoms with van der Waals surface area (Å²) in [6, 6.07) is 11.9. The largest absolute Gasteiger partial charge is 0.399 e. The van der Waals surface area contributed by atoms with Crippen molar-refractivity contribution in [2.45, 2.75) is 9.79 Å². The number of benzene rings is 2. The molecule has 8 nitrogen and oxygen atoms in total. The minimum absolute atomic E-state index is 0.0842. The van der Waals surface area contributed by atoms with Crippen molar-refractivity contribution in [2.75, 3.05) is 37.6 Å². The lowest BCUT2D eigenvalue weighted by Crippen LogP contribution is -2.50. The molecule has 2 aromatic rings. The highest BCUT2D eigenvalue weighted by Crippen LogP contribution is 2.22. The summed E-state index contributed by atoms with van der Waals surface area (Å²) in [5, 5.41) is 0. The van der Waals surface area contributed by atoms with Gasteiger partial charge in [-0.3, -0.25) is 0 Å². The van der Waals surface area contributed by atoms with Gasteiger partial charge in [-0.1, -0.05) is 0 Å². The molecule has 0 unspecified atom stereocenters. The highest BCUT2D eigenvalue weighted by Gasteiger charge is 2.33. The molecule has 3 rings (SSSR count). The zero-order chi connectivity index (χ0) is 18.9. The molecule has 0 bridgehead atoms. The maximum absolute atomic E-state index is 12.7. The molecule has 0 amide bonds. The first-order chi connectivity index (χ1) is 12.2. The van der Waals surface area contributed by atoms with Crippen LogP contribution in [0.2, 0.25) is 0 Å². The van der Waals surface area contributed by atoms with E-state index in [9.17, 15) is 16.8 Å². The van der Waals surface area contributed by atoms with E-state index in [1.54, 1.807) is 0 Å². The number of piperazine rings is 1. The first-order valence-electron chi connectivity index (χ1n) is 7.93. The third-order valence-electron chi connectivity index (χ3n) is 4.23. The molecule has 4 N–H and O–H groups in total. The van der Waals surface area contributed by atoms with Gasteiger partial charge in [0.1, 0.15) is 0 Å². The van der Waals surface area contributed by atoms with Gasteiger partial charge < -0.3 is 11.5 Å². The van der Waals surface area contributed by atoms with Crippen LogP contribution in [0.1, 0.15) is 0 Å². The van der Waals surface area contributed by atoms with Crippen molar-refractivity contribution < 1.29 is 16.8 Å². The van der Waals surface area contributed by atoms with Gasteiger partial charge in [-0.05, 0) is 48.5 Å². The lowest BCUT2D eigenvalue weighted by Gasteiger charge is -2.33. The maximum Gasteiger partial charge on any atom is 0.243 e. The third-order valence-corrected chi connectivity index (χ3v) is 8.06. The normalized spacial score (nSPS) is 17.2. The van der Waals surface area contributed by atoms with Gasteiger partial charge in [0.05, 0.1) is 9.79 Å². The van der Waals surface area contributed by atoms with E-state index in [4.69, 9.17) is 11.5 Å². The molecule has 26 heavy (non-hydrogen) atoms. The minimum atomic E-state index is -3.68. The van der Waals surface area contributed by atoms with E-state index in [0.717, 1.165) is 0 Å². The van der Waals surface area contributed by atoms with Gasteiger partial charge >= 0.3 is 0 Å². The molecule has 1 aliphatic heterocycles. The standard InChI is InChI=1S/C16H20N4O4S2/c17-13-1-5-15(6-2-13)25(21,22)19-9-11-20(12-10-19)26(23,24)16-7-3-14(18)4-8-16/h1-8H,9-12,17-18H2. The topological polar surface area (TPSA) is 127 Å². The summed E-state index contributed by atoms with van der Waals surface area (Å²) in [6.07, 6.45) is 0. The molecule has 140 valence electrons. The highest BCUT2D eigenvalue weighted by molar-refractivity contribution is 7.89. The van der Waals surface area contributed by atoms with Gasteiger partial charge in [-0.2, -0.15) is 8.61 Å². The zero-order valence-corrected chi connectivity index (χ0v) is 15.6. The maximum atomic E-state index is 12.7. The van der Waals surface area contributed by atoms with Crippen LogP contribution in [0, 0.1) is 0 Å². The molecule has 0 aromatic heterocycles. The van der Waals surface area contributed by atoms with Crippen LogP contribution in [0.15, 0.2) is 58.3 Å². The van der Waals surface area contributed by atoms with E-state index in [-0.39, 0.29) is 36.0 Å². The summed E-state index contributed by atoms with van der Waals surface area (Å²) in [5.41, 5.74) is 12.1. The fourth-order valence-electron chi connectivity index (χ4n) is 2.73. The van der Waals surface area contributed by atoms with Crippen LogP contribution in [0.5, 0.6) is 0 Å². The Morgan fingerprint density at radius 1 is 0.577 bits per heavy atom. The summed E-state index contributed by atoms with van der Waals surface area (Å²) in [4.78, 5) is 0.281. The quantitative estimate of drug-likeness (QED) is 0.727. The van der Waals surface area contributed by atoms with Crippen molar-refractivity contribution in [3.05, 3.63) is 48.5 Å². The van der Waals surface area contributed by atoms with E-state index in [1.165, 1.54) is 57.1 Å². The first kappa shape index (κ1) is 18.6. The zero-order valence-electron chi connectivity index (χ0n) is 13.9. The number of anilines is 2. The van der Waals surface area contributed by atoms with Crippen molar-refractivity contribution in [2.24, 2.45) is 0 Å². The second-order valence-corrected chi connectivity index (χ2v) is 9.82. The average Bonchev–Trinajstić information content (AvgIpc) is 2.62. The summed E-state index contributed by atoms with van der Waals surface area (Å²) in [5.74, 6) is 0. The molecule has 0 spiro atoms. The van der Waals surface area contributed by atoms with E-state index >= 15 is 0 Å². The Labute approximate surface area is 153 Å². The van der Waals surface area contributed by atoms with Gasteiger partial charge in [-0.15, -0.1) is 0 Å². The number of nitrogen functional groups attached to an aromatic ring is 2. The van der Waals surface area contributed by atoms with Gasteiger partial charge in [-0.25, -0.2) is 16.8 Å². The summed E-state index contributed by atoms with van der Waals surface area (Å²) in [7, 11) is -7.36. The molecule has 1 heterocycles. The number of nitrogens with zero attached hydrogens (tertiary/aromatic N) is 2. The Morgan fingerprint density at radius 3 is 1.12 bits per heavy atom. The van der Waals surface area contributed by atoms with Crippen LogP contribution < -0.4 is 11.5 Å². The molecule has 1 fully saturated rings. The number of hydrogen-bond donors (Lipinski definition) is 2. The molecule has 1 aliphatic rings. The smallest absolute Gasteiger partial charge is 0.243 e. The minimum Gasteiger partial charge on any atom is -0.399 e. The molecular formula is C16H20N4O4S2. The number of sulfonamides is 2. The van der Waals surface area contributed by atoms with Crippen LogP contribution >= 0.6 is 0 Å². The van der Waals surface area contributed by atoms with Crippen LogP contribution in [0.3, 0.4) is 0 Å². The molecule has 0 radical (unpaired) electrons.